The second-order valence-corrected chi connectivity index (χ2v) is 7.35. The molecule has 1 N–H and O–H groups in total. The number of hydrogen-bond donors (Lipinski definition) is 1. The highest BCUT2D eigenvalue weighted by Gasteiger charge is 2.24. The Labute approximate surface area is 122 Å². The van der Waals surface area contributed by atoms with Crippen LogP contribution in [0.2, 0.25) is 0 Å². The molecule has 0 spiro atoms. The third kappa shape index (κ3) is 3.70. The SMILES string of the molecule is COc1ccc(Br)cc1S(=O)(=O)NC1CCCCC1. The molecule has 0 aromatic heterocycles. The molecule has 106 valence electrons. The lowest BCUT2D eigenvalue weighted by molar-refractivity contribution is 0.396. The summed E-state index contributed by atoms with van der Waals surface area (Å²) in [5.74, 6) is 0.367. The van der Waals surface area contributed by atoms with Gasteiger partial charge in [0.1, 0.15) is 10.6 Å². The average molecular weight is 348 g/mol. The van der Waals surface area contributed by atoms with E-state index in [1.165, 1.54) is 13.5 Å². The molecule has 0 amide bonds. The minimum absolute atomic E-state index is 0.0439. The third-order valence-corrected chi connectivity index (χ3v) is 5.38. The number of halogens is 1. The van der Waals surface area contributed by atoms with E-state index in [0.29, 0.717) is 5.75 Å². The van der Waals surface area contributed by atoms with Gasteiger partial charge < -0.3 is 4.74 Å². The van der Waals surface area contributed by atoms with Crippen molar-refractivity contribution in [1.29, 1.82) is 0 Å². The molecule has 1 aliphatic carbocycles. The van der Waals surface area contributed by atoms with E-state index in [4.69, 9.17) is 4.74 Å². The van der Waals surface area contributed by atoms with Gasteiger partial charge in [-0.15, -0.1) is 0 Å². The van der Waals surface area contributed by atoms with Gasteiger partial charge in [0.2, 0.25) is 10.0 Å². The molecular weight excluding hydrogens is 330 g/mol. The molecule has 19 heavy (non-hydrogen) atoms. The minimum Gasteiger partial charge on any atom is -0.495 e. The van der Waals surface area contributed by atoms with Crippen LogP contribution in [-0.4, -0.2) is 21.6 Å². The van der Waals surface area contributed by atoms with E-state index in [1.54, 1.807) is 18.2 Å². The van der Waals surface area contributed by atoms with E-state index in [-0.39, 0.29) is 10.9 Å². The molecule has 0 aliphatic heterocycles. The van der Waals surface area contributed by atoms with Crippen LogP contribution in [0, 0.1) is 0 Å². The highest BCUT2D eigenvalue weighted by atomic mass is 79.9. The van der Waals surface area contributed by atoms with Gasteiger partial charge in [-0.25, -0.2) is 13.1 Å². The fraction of sp³-hybridized carbons (Fsp3) is 0.538. The number of sulfonamides is 1. The predicted octanol–water partition coefficient (Wildman–Crippen LogP) is 3.07. The molecule has 0 unspecified atom stereocenters. The first-order chi connectivity index (χ1) is 9.03. The van der Waals surface area contributed by atoms with Crippen LogP contribution in [0.4, 0.5) is 0 Å². The highest BCUT2D eigenvalue weighted by molar-refractivity contribution is 9.10. The Bertz CT molecular complexity index is 539. The number of nitrogens with one attached hydrogen (secondary N) is 1. The van der Waals surface area contributed by atoms with Gasteiger partial charge in [0.15, 0.2) is 0 Å². The molecule has 1 aromatic rings. The van der Waals surface area contributed by atoms with Crippen molar-refractivity contribution in [1.82, 2.24) is 4.72 Å². The van der Waals surface area contributed by atoms with Crippen molar-refractivity contribution >= 4 is 26.0 Å². The average Bonchev–Trinajstić information content (AvgIpc) is 2.39. The minimum atomic E-state index is -3.53. The fourth-order valence-corrected chi connectivity index (χ4v) is 4.38. The molecule has 0 radical (unpaired) electrons. The van der Waals surface area contributed by atoms with Crippen molar-refractivity contribution < 1.29 is 13.2 Å². The standard InChI is InChI=1S/C13H18BrNO3S/c1-18-12-8-7-10(14)9-13(12)19(16,17)15-11-5-3-2-4-6-11/h7-9,11,15H,2-6H2,1H3. The Hall–Kier alpha value is -0.590. The fourth-order valence-electron chi connectivity index (χ4n) is 2.36. The van der Waals surface area contributed by atoms with Crippen molar-refractivity contribution in [3.63, 3.8) is 0 Å². The van der Waals surface area contributed by atoms with E-state index in [0.717, 1.165) is 30.2 Å². The van der Waals surface area contributed by atoms with Gasteiger partial charge in [0.05, 0.1) is 7.11 Å². The van der Waals surface area contributed by atoms with Crippen LogP contribution in [0.15, 0.2) is 27.6 Å². The molecule has 0 saturated heterocycles. The molecule has 6 heteroatoms. The van der Waals surface area contributed by atoms with Crippen molar-refractivity contribution in [3.05, 3.63) is 22.7 Å². The Morgan fingerprint density at radius 1 is 1.26 bits per heavy atom. The van der Waals surface area contributed by atoms with E-state index >= 15 is 0 Å². The molecule has 0 heterocycles. The zero-order chi connectivity index (χ0) is 13.9. The molecule has 0 atom stereocenters. The smallest absolute Gasteiger partial charge is 0.244 e. The van der Waals surface area contributed by atoms with Crippen LogP contribution >= 0.6 is 15.9 Å². The van der Waals surface area contributed by atoms with Gasteiger partial charge in [-0.2, -0.15) is 0 Å². The predicted molar refractivity (Wildman–Crippen MR) is 77.9 cm³/mol. The molecule has 1 saturated carbocycles. The topological polar surface area (TPSA) is 55.4 Å². The van der Waals surface area contributed by atoms with E-state index in [1.807, 2.05) is 0 Å². The normalized spacial score (nSPS) is 17.4. The monoisotopic (exact) mass is 347 g/mol. The van der Waals surface area contributed by atoms with Crippen molar-refractivity contribution in [2.75, 3.05) is 7.11 Å². The summed E-state index contributed by atoms with van der Waals surface area (Å²) in [6.07, 6.45) is 5.19. The van der Waals surface area contributed by atoms with Crippen LogP contribution in [0.3, 0.4) is 0 Å². The van der Waals surface area contributed by atoms with E-state index < -0.39 is 10.0 Å². The van der Waals surface area contributed by atoms with Crippen molar-refractivity contribution in [3.8, 4) is 5.75 Å². The summed E-state index contributed by atoms with van der Waals surface area (Å²) in [7, 11) is -2.06. The zero-order valence-corrected chi connectivity index (χ0v) is 13.3. The van der Waals surface area contributed by atoms with Crippen LogP contribution in [0.25, 0.3) is 0 Å². The first-order valence-corrected chi connectivity index (χ1v) is 8.66. The van der Waals surface area contributed by atoms with Crippen LogP contribution in [0.1, 0.15) is 32.1 Å². The maximum absolute atomic E-state index is 12.4. The van der Waals surface area contributed by atoms with Crippen molar-refractivity contribution in [2.45, 2.75) is 43.0 Å². The van der Waals surface area contributed by atoms with Crippen LogP contribution < -0.4 is 9.46 Å². The van der Waals surface area contributed by atoms with E-state index in [9.17, 15) is 8.42 Å². The molecule has 2 rings (SSSR count). The number of hydrogen-bond acceptors (Lipinski definition) is 3. The highest BCUT2D eigenvalue weighted by Crippen LogP contribution is 2.28. The summed E-state index contributed by atoms with van der Waals surface area (Å²) >= 11 is 3.30. The summed E-state index contributed by atoms with van der Waals surface area (Å²) in [6.45, 7) is 0. The Balaban J connectivity index is 2.25. The maximum atomic E-state index is 12.4. The lowest BCUT2D eigenvalue weighted by Crippen LogP contribution is -2.36. The summed E-state index contributed by atoms with van der Waals surface area (Å²) in [4.78, 5) is 0.190. The number of rotatable bonds is 4. The largest absolute Gasteiger partial charge is 0.495 e. The van der Waals surface area contributed by atoms with Gasteiger partial charge in [0.25, 0.3) is 0 Å². The van der Waals surface area contributed by atoms with Crippen molar-refractivity contribution in [2.24, 2.45) is 0 Å². The molecule has 1 aromatic carbocycles. The van der Waals surface area contributed by atoms with Crippen LogP contribution in [0.5, 0.6) is 5.75 Å². The quantitative estimate of drug-likeness (QED) is 0.910. The summed E-state index contributed by atoms with van der Waals surface area (Å²) in [5.41, 5.74) is 0. The first-order valence-electron chi connectivity index (χ1n) is 6.39. The Kier molecular flexibility index (Phi) is 4.86. The number of ether oxygens (including phenoxy) is 1. The maximum Gasteiger partial charge on any atom is 0.244 e. The molecule has 4 nitrogen and oxygen atoms in total. The van der Waals surface area contributed by atoms with Crippen LogP contribution in [-0.2, 0) is 10.0 Å². The van der Waals surface area contributed by atoms with Gasteiger partial charge in [-0.1, -0.05) is 35.2 Å². The molecular formula is C13H18BrNO3S. The molecule has 1 aliphatic rings. The first kappa shape index (κ1) is 14.8. The summed E-state index contributed by atoms with van der Waals surface area (Å²) in [5, 5.41) is 0. The second-order valence-electron chi connectivity index (χ2n) is 4.75. The lowest BCUT2D eigenvalue weighted by Gasteiger charge is -2.23. The number of benzene rings is 1. The molecule has 0 bridgehead atoms. The van der Waals surface area contributed by atoms with E-state index in [2.05, 4.69) is 20.7 Å². The second kappa shape index (κ2) is 6.24. The summed E-state index contributed by atoms with van der Waals surface area (Å²) < 4.78 is 33.5. The van der Waals surface area contributed by atoms with Gasteiger partial charge in [-0.05, 0) is 31.0 Å². The third-order valence-electron chi connectivity index (χ3n) is 3.34. The summed E-state index contributed by atoms with van der Waals surface area (Å²) in [6, 6.07) is 5.03. The number of methoxy groups -OCH3 is 1. The Morgan fingerprint density at radius 3 is 2.58 bits per heavy atom. The zero-order valence-electron chi connectivity index (χ0n) is 10.9. The Morgan fingerprint density at radius 2 is 1.95 bits per heavy atom. The van der Waals surface area contributed by atoms with Gasteiger partial charge >= 0.3 is 0 Å². The molecule has 1 fully saturated rings. The van der Waals surface area contributed by atoms with Gasteiger partial charge in [0, 0.05) is 10.5 Å². The lowest BCUT2D eigenvalue weighted by atomic mass is 9.96. The van der Waals surface area contributed by atoms with Gasteiger partial charge in [-0.3, -0.25) is 0 Å².